The summed E-state index contributed by atoms with van der Waals surface area (Å²) >= 11 is 0. The zero-order valence-electron chi connectivity index (χ0n) is 16.1. The number of aromatic nitrogens is 2. The van der Waals surface area contributed by atoms with Crippen molar-refractivity contribution < 1.29 is 9.18 Å². The zero-order valence-corrected chi connectivity index (χ0v) is 16.1. The van der Waals surface area contributed by atoms with E-state index < -0.39 is 0 Å². The topological polar surface area (TPSA) is 41.4 Å². The summed E-state index contributed by atoms with van der Waals surface area (Å²) in [4.78, 5) is 16.7. The third-order valence-electron chi connectivity index (χ3n) is 5.13. The normalized spacial score (nSPS) is 14.4. The summed E-state index contributed by atoms with van der Waals surface area (Å²) in [5.41, 5.74) is 4.21. The highest BCUT2D eigenvalue weighted by Crippen LogP contribution is 2.21. The molecule has 4 rings (SSSR count). The number of nitrogens with zero attached hydrogens (tertiary/aromatic N) is 4. The molecule has 1 aliphatic heterocycles. The minimum Gasteiger partial charge on any atom is -0.366 e. The van der Waals surface area contributed by atoms with Crippen molar-refractivity contribution in [3.05, 3.63) is 77.4 Å². The SMILES string of the molecule is Cc1cc(C)n(-c2ccc(C(=O)N3CCN(c4ccccc4F)CC3)cc2)n1. The lowest BCUT2D eigenvalue weighted by Gasteiger charge is -2.36. The van der Waals surface area contributed by atoms with Crippen LogP contribution in [0.3, 0.4) is 0 Å². The van der Waals surface area contributed by atoms with Crippen LogP contribution in [0.4, 0.5) is 10.1 Å². The number of para-hydroxylation sites is 1. The van der Waals surface area contributed by atoms with E-state index in [9.17, 15) is 9.18 Å². The Labute approximate surface area is 164 Å². The van der Waals surface area contributed by atoms with Crippen LogP contribution in [0.5, 0.6) is 0 Å². The number of amides is 1. The van der Waals surface area contributed by atoms with Crippen LogP contribution in [0.2, 0.25) is 0 Å². The van der Waals surface area contributed by atoms with E-state index in [-0.39, 0.29) is 11.7 Å². The lowest BCUT2D eigenvalue weighted by molar-refractivity contribution is 0.0746. The van der Waals surface area contributed by atoms with Gasteiger partial charge in [0.25, 0.3) is 5.91 Å². The van der Waals surface area contributed by atoms with Gasteiger partial charge in [-0.05, 0) is 56.3 Å². The molecular formula is C22H23FN4O. The van der Waals surface area contributed by atoms with E-state index in [0.717, 1.165) is 17.1 Å². The van der Waals surface area contributed by atoms with Gasteiger partial charge in [0.05, 0.1) is 17.1 Å². The third kappa shape index (κ3) is 3.50. The first kappa shape index (κ1) is 18.2. The highest BCUT2D eigenvalue weighted by Gasteiger charge is 2.23. The average Bonchev–Trinajstić information content (AvgIpc) is 3.06. The molecule has 0 spiro atoms. The smallest absolute Gasteiger partial charge is 0.253 e. The number of hydrogen-bond acceptors (Lipinski definition) is 3. The van der Waals surface area contributed by atoms with Gasteiger partial charge in [0.2, 0.25) is 0 Å². The van der Waals surface area contributed by atoms with Crippen LogP contribution < -0.4 is 4.90 Å². The number of piperazine rings is 1. The number of benzene rings is 2. The maximum Gasteiger partial charge on any atom is 0.253 e. The Morgan fingerprint density at radius 1 is 0.964 bits per heavy atom. The third-order valence-corrected chi connectivity index (χ3v) is 5.13. The number of rotatable bonds is 3. The molecule has 1 aliphatic rings. The first-order chi connectivity index (χ1) is 13.5. The van der Waals surface area contributed by atoms with Crippen molar-refractivity contribution in [1.29, 1.82) is 0 Å². The number of anilines is 1. The molecule has 0 unspecified atom stereocenters. The fourth-order valence-electron chi connectivity index (χ4n) is 3.68. The van der Waals surface area contributed by atoms with Crippen molar-refractivity contribution in [2.45, 2.75) is 13.8 Å². The summed E-state index contributed by atoms with van der Waals surface area (Å²) in [5.74, 6) is -0.213. The standard InChI is InChI=1S/C22H23FN4O/c1-16-15-17(2)27(24-16)19-9-7-18(8-10-19)22(28)26-13-11-25(12-14-26)21-6-4-3-5-20(21)23/h3-10,15H,11-14H2,1-2H3. The molecule has 5 nitrogen and oxygen atoms in total. The predicted octanol–water partition coefficient (Wildman–Crippen LogP) is 3.59. The number of aryl methyl sites for hydroxylation is 2. The molecule has 1 fully saturated rings. The van der Waals surface area contributed by atoms with Gasteiger partial charge in [-0.3, -0.25) is 4.79 Å². The van der Waals surface area contributed by atoms with Gasteiger partial charge in [-0.15, -0.1) is 0 Å². The fourth-order valence-corrected chi connectivity index (χ4v) is 3.68. The molecule has 0 aliphatic carbocycles. The van der Waals surface area contributed by atoms with Gasteiger partial charge in [0, 0.05) is 37.4 Å². The number of halogens is 1. The van der Waals surface area contributed by atoms with Crippen LogP contribution in [-0.4, -0.2) is 46.8 Å². The largest absolute Gasteiger partial charge is 0.366 e. The Balaban J connectivity index is 1.43. The molecule has 2 heterocycles. The van der Waals surface area contributed by atoms with Crippen molar-refractivity contribution in [3.8, 4) is 5.69 Å². The molecular weight excluding hydrogens is 355 g/mol. The zero-order chi connectivity index (χ0) is 19.7. The molecule has 1 aromatic heterocycles. The Bertz CT molecular complexity index is 988. The second-order valence-corrected chi connectivity index (χ2v) is 7.12. The van der Waals surface area contributed by atoms with E-state index in [2.05, 4.69) is 5.10 Å². The summed E-state index contributed by atoms with van der Waals surface area (Å²) < 4.78 is 15.8. The minimum absolute atomic E-state index is 0.00750. The maximum absolute atomic E-state index is 14.0. The van der Waals surface area contributed by atoms with E-state index in [0.29, 0.717) is 37.4 Å². The number of carbonyl (C=O) groups excluding carboxylic acids is 1. The lowest BCUT2D eigenvalue weighted by atomic mass is 10.1. The monoisotopic (exact) mass is 378 g/mol. The van der Waals surface area contributed by atoms with Gasteiger partial charge < -0.3 is 9.80 Å². The number of carbonyl (C=O) groups is 1. The van der Waals surface area contributed by atoms with E-state index >= 15 is 0 Å². The van der Waals surface area contributed by atoms with Crippen LogP contribution >= 0.6 is 0 Å². The number of hydrogen-bond donors (Lipinski definition) is 0. The van der Waals surface area contributed by atoms with E-state index in [1.165, 1.54) is 6.07 Å². The average molecular weight is 378 g/mol. The van der Waals surface area contributed by atoms with Crippen molar-refractivity contribution in [2.24, 2.45) is 0 Å². The molecule has 3 aromatic rings. The summed E-state index contributed by atoms with van der Waals surface area (Å²) in [5, 5.41) is 4.47. The Kier molecular flexibility index (Phi) is 4.86. The first-order valence-corrected chi connectivity index (χ1v) is 9.45. The van der Waals surface area contributed by atoms with E-state index in [1.807, 2.05) is 64.7 Å². The molecule has 0 saturated carbocycles. The summed E-state index contributed by atoms with van der Waals surface area (Å²) in [6, 6.07) is 16.3. The van der Waals surface area contributed by atoms with Gasteiger partial charge >= 0.3 is 0 Å². The molecule has 1 saturated heterocycles. The Morgan fingerprint density at radius 2 is 1.64 bits per heavy atom. The molecule has 0 bridgehead atoms. The Hall–Kier alpha value is -3.15. The van der Waals surface area contributed by atoms with Crippen molar-refractivity contribution in [3.63, 3.8) is 0 Å². The molecule has 0 radical (unpaired) electrons. The van der Waals surface area contributed by atoms with Crippen LogP contribution in [0.25, 0.3) is 5.69 Å². The highest BCUT2D eigenvalue weighted by molar-refractivity contribution is 5.94. The van der Waals surface area contributed by atoms with Gasteiger partial charge in [-0.1, -0.05) is 12.1 Å². The highest BCUT2D eigenvalue weighted by atomic mass is 19.1. The second kappa shape index (κ2) is 7.46. The van der Waals surface area contributed by atoms with Gasteiger partial charge in [-0.25, -0.2) is 9.07 Å². The molecule has 2 aromatic carbocycles. The molecule has 6 heteroatoms. The van der Waals surface area contributed by atoms with E-state index in [1.54, 1.807) is 12.1 Å². The van der Waals surface area contributed by atoms with Crippen molar-refractivity contribution >= 4 is 11.6 Å². The summed E-state index contributed by atoms with van der Waals surface area (Å²) in [6.45, 7) is 6.36. The molecule has 144 valence electrons. The van der Waals surface area contributed by atoms with Crippen LogP contribution in [0.1, 0.15) is 21.7 Å². The molecule has 1 amide bonds. The minimum atomic E-state index is -0.220. The van der Waals surface area contributed by atoms with Crippen molar-refractivity contribution in [2.75, 3.05) is 31.1 Å². The van der Waals surface area contributed by atoms with E-state index in [4.69, 9.17) is 0 Å². The summed E-state index contributed by atoms with van der Waals surface area (Å²) in [7, 11) is 0. The van der Waals surface area contributed by atoms with Crippen molar-refractivity contribution in [1.82, 2.24) is 14.7 Å². The maximum atomic E-state index is 14.0. The lowest BCUT2D eigenvalue weighted by Crippen LogP contribution is -2.49. The summed E-state index contributed by atoms with van der Waals surface area (Å²) in [6.07, 6.45) is 0. The van der Waals surface area contributed by atoms with Gasteiger partial charge in [0.15, 0.2) is 0 Å². The first-order valence-electron chi connectivity index (χ1n) is 9.45. The predicted molar refractivity (Wildman–Crippen MR) is 108 cm³/mol. The second-order valence-electron chi connectivity index (χ2n) is 7.12. The van der Waals surface area contributed by atoms with Crippen LogP contribution in [-0.2, 0) is 0 Å². The van der Waals surface area contributed by atoms with Gasteiger partial charge in [-0.2, -0.15) is 5.10 Å². The quantitative estimate of drug-likeness (QED) is 0.699. The van der Waals surface area contributed by atoms with Crippen LogP contribution in [0, 0.1) is 19.7 Å². The molecule has 28 heavy (non-hydrogen) atoms. The molecule has 0 atom stereocenters. The molecule has 0 N–H and O–H groups in total. The fraction of sp³-hybridized carbons (Fsp3) is 0.273. The van der Waals surface area contributed by atoms with Crippen LogP contribution in [0.15, 0.2) is 54.6 Å². The van der Waals surface area contributed by atoms with Gasteiger partial charge in [0.1, 0.15) is 5.82 Å². The Morgan fingerprint density at radius 3 is 2.25 bits per heavy atom.